The summed E-state index contributed by atoms with van der Waals surface area (Å²) in [5.74, 6) is -0.104. The zero-order valence-electron chi connectivity index (χ0n) is 10.0. The lowest BCUT2D eigenvalue weighted by Gasteiger charge is -2.34. The predicted molar refractivity (Wildman–Crippen MR) is 66.8 cm³/mol. The summed E-state index contributed by atoms with van der Waals surface area (Å²) in [4.78, 5) is 12.1. The average molecular weight is 234 g/mol. The molecule has 4 nitrogen and oxygen atoms in total. The van der Waals surface area contributed by atoms with E-state index in [1.165, 1.54) is 0 Å². The number of nitrogens with one attached hydrogen (secondary N) is 1. The maximum Gasteiger partial charge on any atom is 0.253 e. The van der Waals surface area contributed by atoms with Crippen molar-refractivity contribution in [2.45, 2.75) is 25.3 Å². The lowest BCUT2D eigenvalue weighted by molar-refractivity contribution is 0.0423. The van der Waals surface area contributed by atoms with E-state index < -0.39 is 0 Å². The molecule has 1 heterocycles. The van der Waals surface area contributed by atoms with E-state index in [0.717, 1.165) is 12.8 Å². The van der Waals surface area contributed by atoms with Gasteiger partial charge in [0.1, 0.15) is 0 Å². The highest BCUT2D eigenvalue weighted by atomic mass is 16.5. The molecule has 2 rings (SSSR count). The third-order valence-electron chi connectivity index (χ3n) is 3.22. The summed E-state index contributed by atoms with van der Waals surface area (Å²) in [6.07, 6.45) is 1.68. The maximum atomic E-state index is 12.1. The third-order valence-corrected chi connectivity index (χ3v) is 3.22. The number of benzene rings is 1. The maximum absolute atomic E-state index is 12.1. The van der Waals surface area contributed by atoms with Gasteiger partial charge in [-0.2, -0.15) is 0 Å². The molecular weight excluding hydrogens is 216 g/mol. The summed E-state index contributed by atoms with van der Waals surface area (Å²) < 4.78 is 5.30. The zero-order chi connectivity index (χ0) is 12.3. The summed E-state index contributed by atoms with van der Waals surface area (Å²) >= 11 is 0. The Morgan fingerprint density at radius 1 is 1.35 bits per heavy atom. The van der Waals surface area contributed by atoms with Gasteiger partial charge in [0.25, 0.3) is 5.91 Å². The van der Waals surface area contributed by atoms with Crippen LogP contribution in [0.15, 0.2) is 24.3 Å². The minimum absolute atomic E-state index is 0.104. The third kappa shape index (κ3) is 2.77. The van der Waals surface area contributed by atoms with Crippen molar-refractivity contribution in [3.63, 3.8) is 0 Å². The van der Waals surface area contributed by atoms with E-state index >= 15 is 0 Å². The van der Waals surface area contributed by atoms with Gasteiger partial charge < -0.3 is 15.8 Å². The summed E-state index contributed by atoms with van der Waals surface area (Å²) in [5, 5.41) is 3.05. The van der Waals surface area contributed by atoms with Crippen LogP contribution in [0.25, 0.3) is 0 Å². The van der Waals surface area contributed by atoms with Crippen molar-refractivity contribution >= 4 is 11.6 Å². The average Bonchev–Trinajstić information content (AvgIpc) is 2.29. The highest BCUT2D eigenvalue weighted by Gasteiger charge is 2.29. The fourth-order valence-corrected chi connectivity index (χ4v) is 1.99. The normalized spacial score (nSPS) is 18.6. The zero-order valence-corrected chi connectivity index (χ0v) is 10.0. The van der Waals surface area contributed by atoms with Gasteiger partial charge in [-0.25, -0.2) is 0 Å². The largest absolute Gasteiger partial charge is 0.398 e. The Morgan fingerprint density at radius 2 is 2.00 bits per heavy atom. The molecule has 1 amide bonds. The molecule has 92 valence electrons. The molecule has 0 aliphatic carbocycles. The number of carbonyl (C=O) groups excluding carboxylic acids is 1. The van der Waals surface area contributed by atoms with E-state index in [1.54, 1.807) is 12.1 Å². The number of nitrogen functional groups attached to an aromatic ring is 1. The van der Waals surface area contributed by atoms with Crippen molar-refractivity contribution in [1.29, 1.82) is 0 Å². The molecule has 0 bridgehead atoms. The highest BCUT2D eigenvalue weighted by Crippen LogP contribution is 2.21. The molecule has 3 N–H and O–H groups in total. The molecule has 0 aromatic heterocycles. The van der Waals surface area contributed by atoms with Crippen LogP contribution in [0.2, 0.25) is 0 Å². The van der Waals surface area contributed by atoms with Gasteiger partial charge in [-0.3, -0.25) is 4.79 Å². The first-order valence-corrected chi connectivity index (χ1v) is 5.85. The quantitative estimate of drug-likeness (QED) is 0.763. The first-order chi connectivity index (χ1) is 8.11. The molecule has 0 unspecified atom stereocenters. The molecule has 1 aromatic carbocycles. The predicted octanol–water partition coefficient (Wildman–Crippen LogP) is 1.57. The van der Waals surface area contributed by atoms with Crippen LogP contribution < -0.4 is 11.1 Å². The van der Waals surface area contributed by atoms with E-state index in [0.29, 0.717) is 24.5 Å². The number of hydrogen-bond donors (Lipinski definition) is 2. The standard InChI is InChI=1S/C13H18N2O2/c1-13(6-8-17-9-7-13)15-12(16)10-4-2-3-5-11(10)14/h2-5H,6-9,14H2,1H3,(H,15,16). The first-order valence-electron chi connectivity index (χ1n) is 5.85. The van der Waals surface area contributed by atoms with Crippen molar-refractivity contribution in [3.05, 3.63) is 29.8 Å². The Balaban J connectivity index is 2.09. The van der Waals surface area contributed by atoms with Crippen molar-refractivity contribution in [3.8, 4) is 0 Å². The van der Waals surface area contributed by atoms with Gasteiger partial charge in [-0.05, 0) is 31.9 Å². The molecule has 4 heteroatoms. The van der Waals surface area contributed by atoms with Crippen LogP contribution in [0.1, 0.15) is 30.1 Å². The Morgan fingerprint density at radius 3 is 2.65 bits per heavy atom. The minimum atomic E-state index is -0.183. The smallest absolute Gasteiger partial charge is 0.253 e. The minimum Gasteiger partial charge on any atom is -0.398 e. The second-order valence-corrected chi connectivity index (χ2v) is 4.71. The van der Waals surface area contributed by atoms with Crippen molar-refractivity contribution < 1.29 is 9.53 Å². The topological polar surface area (TPSA) is 64.4 Å². The molecule has 17 heavy (non-hydrogen) atoms. The van der Waals surface area contributed by atoms with Gasteiger partial charge in [0.2, 0.25) is 0 Å². The van der Waals surface area contributed by atoms with E-state index in [4.69, 9.17) is 10.5 Å². The number of anilines is 1. The Bertz CT molecular complexity index is 412. The molecule has 1 aromatic rings. The van der Waals surface area contributed by atoms with Crippen LogP contribution in [0.3, 0.4) is 0 Å². The Kier molecular flexibility index (Phi) is 3.33. The van der Waals surface area contributed by atoms with E-state index in [-0.39, 0.29) is 11.4 Å². The molecule has 1 aliphatic heterocycles. The van der Waals surface area contributed by atoms with Crippen LogP contribution in [-0.2, 0) is 4.74 Å². The van der Waals surface area contributed by atoms with Gasteiger partial charge >= 0.3 is 0 Å². The molecule has 0 spiro atoms. The Labute approximate surface area is 101 Å². The molecule has 0 saturated carbocycles. The van der Waals surface area contributed by atoms with E-state index in [2.05, 4.69) is 5.32 Å². The molecule has 0 radical (unpaired) electrons. The van der Waals surface area contributed by atoms with Gasteiger partial charge in [0.05, 0.1) is 5.56 Å². The molecule has 0 atom stereocenters. The van der Waals surface area contributed by atoms with Crippen LogP contribution in [-0.4, -0.2) is 24.7 Å². The summed E-state index contributed by atoms with van der Waals surface area (Å²) in [6.45, 7) is 3.44. The van der Waals surface area contributed by atoms with E-state index in [9.17, 15) is 4.79 Å². The van der Waals surface area contributed by atoms with Crippen LogP contribution >= 0.6 is 0 Å². The van der Waals surface area contributed by atoms with E-state index in [1.807, 2.05) is 19.1 Å². The second-order valence-electron chi connectivity index (χ2n) is 4.71. The van der Waals surface area contributed by atoms with Crippen LogP contribution in [0.4, 0.5) is 5.69 Å². The molecular formula is C13H18N2O2. The fraction of sp³-hybridized carbons (Fsp3) is 0.462. The second kappa shape index (κ2) is 4.75. The molecule has 1 aliphatic rings. The number of nitrogens with two attached hydrogens (primary N) is 1. The number of carbonyl (C=O) groups is 1. The lowest BCUT2D eigenvalue weighted by atomic mass is 9.92. The number of hydrogen-bond acceptors (Lipinski definition) is 3. The van der Waals surface area contributed by atoms with Gasteiger partial charge in [-0.15, -0.1) is 0 Å². The van der Waals surface area contributed by atoms with Crippen LogP contribution in [0, 0.1) is 0 Å². The first kappa shape index (κ1) is 11.9. The SMILES string of the molecule is CC1(NC(=O)c2ccccc2N)CCOCC1. The Hall–Kier alpha value is -1.55. The highest BCUT2D eigenvalue weighted by molar-refractivity contribution is 5.99. The summed E-state index contributed by atoms with van der Waals surface area (Å²) in [6, 6.07) is 7.12. The monoisotopic (exact) mass is 234 g/mol. The van der Waals surface area contributed by atoms with Gasteiger partial charge in [0, 0.05) is 24.4 Å². The number of para-hydroxylation sites is 1. The van der Waals surface area contributed by atoms with Crippen molar-refractivity contribution in [2.24, 2.45) is 0 Å². The van der Waals surface area contributed by atoms with Crippen molar-refractivity contribution in [1.82, 2.24) is 5.32 Å². The fourth-order valence-electron chi connectivity index (χ4n) is 1.99. The molecule has 1 fully saturated rings. The summed E-state index contributed by atoms with van der Waals surface area (Å²) in [5.41, 5.74) is 6.66. The number of rotatable bonds is 2. The molecule has 1 saturated heterocycles. The summed E-state index contributed by atoms with van der Waals surface area (Å²) in [7, 11) is 0. The van der Waals surface area contributed by atoms with Gasteiger partial charge in [0.15, 0.2) is 0 Å². The number of ether oxygens (including phenoxy) is 1. The van der Waals surface area contributed by atoms with Crippen LogP contribution in [0.5, 0.6) is 0 Å². The lowest BCUT2D eigenvalue weighted by Crippen LogP contribution is -2.49. The number of amides is 1. The van der Waals surface area contributed by atoms with Crippen molar-refractivity contribution in [2.75, 3.05) is 18.9 Å². The van der Waals surface area contributed by atoms with Gasteiger partial charge in [-0.1, -0.05) is 12.1 Å².